The maximum Gasteiger partial charge on any atom is 0.236 e. The topological polar surface area (TPSA) is 29.5 Å². The second-order valence-electron chi connectivity index (χ2n) is 6.21. The molecule has 0 saturated heterocycles. The van der Waals surface area contributed by atoms with Crippen molar-refractivity contribution < 1.29 is 9.53 Å². The first-order valence-corrected chi connectivity index (χ1v) is 9.41. The summed E-state index contributed by atoms with van der Waals surface area (Å²) in [5.41, 5.74) is 2.32. The Kier molecular flexibility index (Phi) is 5.29. The van der Waals surface area contributed by atoms with Gasteiger partial charge in [0.15, 0.2) is 0 Å². The van der Waals surface area contributed by atoms with E-state index >= 15 is 0 Å². The number of amides is 1. The van der Waals surface area contributed by atoms with Gasteiger partial charge in [-0.1, -0.05) is 19.3 Å². The van der Waals surface area contributed by atoms with Gasteiger partial charge in [-0.3, -0.25) is 4.79 Å². The summed E-state index contributed by atoms with van der Waals surface area (Å²) in [5.74, 6) is 1.77. The zero-order chi connectivity index (χ0) is 15.4. The standard InChI is InChI=1S/C18H25NO2S/c1-21-15-9-10-17-14(12-15)6-5-11-19(17)18(20)13-22-16-7-3-2-4-8-16/h9-10,12,16H,2-8,11,13H2,1H3. The number of benzene rings is 1. The van der Waals surface area contributed by atoms with Gasteiger partial charge < -0.3 is 9.64 Å². The Morgan fingerprint density at radius 3 is 2.86 bits per heavy atom. The third kappa shape index (κ3) is 3.60. The third-order valence-electron chi connectivity index (χ3n) is 4.70. The molecule has 1 aromatic carbocycles. The van der Waals surface area contributed by atoms with Crippen LogP contribution in [0, 0.1) is 0 Å². The Labute approximate surface area is 137 Å². The van der Waals surface area contributed by atoms with Gasteiger partial charge in [-0.15, -0.1) is 11.8 Å². The fourth-order valence-corrected chi connectivity index (χ4v) is 4.66. The van der Waals surface area contributed by atoms with E-state index in [0.717, 1.165) is 30.8 Å². The summed E-state index contributed by atoms with van der Waals surface area (Å²) in [6.45, 7) is 0.851. The fourth-order valence-electron chi connectivity index (χ4n) is 3.46. The van der Waals surface area contributed by atoms with Gasteiger partial charge in [0.25, 0.3) is 0 Å². The Bertz CT molecular complexity index is 526. The van der Waals surface area contributed by atoms with E-state index in [9.17, 15) is 4.79 Å². The SMILES string of the molecule is COc1ccc2c(c1)CCCN2C(=O)CSC1CCCCC1. The van der Waals surface area contributed by atoms with Crippen LogP contribution in [-0.2, 0) is 11.2 Å². The molecule has 0 aromatic heterocycles. The van der Waals surface area contributed by atoms with Crippen molar-refractivity contribution in [3.63, 3.8) is 0 Å². The molecular formula is C18H25NO2S. The van der Waals surface area contributed by atoms with Crippen molar-refractivity contribution in [1.29, 1.82) is 0 Å². The molecule has 1 saturated carbocycles. The van der Waals surface area contributed by atoms with Crippen LogP contribution in [0.2, 0.25) is 0 Å². The minimum absolute atomic E-state index is 0.265. The zero-order valence-electron chi connectivity index (χ0n) is 13.3. The number of thioether (sulfide) groups is 1. The number of methoxy groups -OCH3 is 1. The lowest BCUT2D eigenvalue weighted by atomic mass is 10.0. The first-order valence-electron chi connectivity index (χ1n) is 8.37. The van der Waals surface area contributed by atoms with Crippen LogP contribution in [0.3, 0.4) is 0 Å². The maximum atomic E-state index is 12.6. The Balaban J connectivity index is 1.63. The molecule has 2 aliphatic rings. The minimum Gasteiger partial charge on any atom is -0.497 e. The molecule has 1 amide bonds. The van der Waals surface area contributed by atoms with Crippen LogP contribution in [0.25, 0.3) is 0 Å². The quantitative estimate of drug-likeness (QED) is 0.839. The number of anilines is 1. The summed E-state index contributed by atoms with van der Waals surface area (Å²) >= 11 is 1.87. The first-order chi connectivity index (χ1) is 10.8. The second-order valence-corrected chi connectivity index (χ2v) is 7.50. The molecule has 0 spiro atoms. The van der Waals surface area contributed by atoms with Crippen molar-refractivity contribution in [3.05, 3.63) is 23.8 Å². The van der Waals surface area contributed by atoms with E-state index in [1.807, 2.05) is 28.8 Å². The molecule has 3 rings (SSSR count). The van der Waals surface area contributed by atoms with E-state index in [2.05, 4.69) is 6.07 Å². The highest BCUT2D eigenvalue weighted by Gasteiger charge is 2.24. The molecule has 1 aliphatic heterocycles. The molecule has 0 bridgehead atoms. The number of rotatable bonds is 4. The highest BCUT2D eigenvalue weighted by molar-refractivity contribution is 8.00. The summed E-state index contributed by atoms with van der Waals surface area (Å²) in [7, 11) is 1.69. The molecule has 1 aliphatic carbocycles. The molecule has 0 unspecified atom stereocenters. The Morgan fingerprint density at radius 1 is 1.27 bits per heavy atom. The van der Waals surface area contributed by atoms with Gasteiger partial charge in [-0.2, -0.15) is 0 Å². The number of aryl methyl sites for hydroxylation is 1. The van der Waals surface area contributed by atoms with E-state index in [4.69, 9.17) is 4.74 Å². The van der Waals surface area contributed by atoms with Crippen LogP contribution in [-0.4, -0.2) is 30.6 Å². The van der Waals surface area contributed by atoms with Crippen molar-refractivity contribution in [2.45, 2.75) is 50.2 Å². The number of carbonyl (C=O) groups is 1. The van der Waals surface area contributed by atoms with Crippen LogP contribution in [0.5, 0.6) is 5.75 Å². The van der Waals surface area contributed by atoms with Gasteiger partial charge in [-0.25, -0.2) is 0 Å². The maximum absolute atomic E-state index is 12.6. The minimum atomic E-state index is 0.265. The smallest absolute Gasteiger partial charge is 0.236 e. The summed E-state index contributed by atoms with van der Waals surface area (Å²) in [6, 6.07) is 6.07. The number of fused-ring (bicyclic) bond motifs is 1. The third-order valence-corrected chi connectivity index (χ3v) is 6.06. The van der Waals surface area contributed by atoms with Gasteiger partial charge in [0.2, 0.25) is 5.91 Å². The lowest BCUT2D eigenvalue weighted by Crippen LogP contribution is -2.37. The molecule has 1 aromatic rings. The lowest BCUT2D eigenvalue weighted by molar-refractivity contribution is -0.116. The van der Waals surface area contributed by atoms with Gasteiger partial charge >= 0.3 is 0 Å². The normalized spacial score (nSPS) is 18.9. The van der Waals surface area contributed by atoms with E-state index < -0.39 is 0 Å². The predicted molar refractivity (Wildman–Crippen MR) is 93.0 cm³/mol. The molecule has 0 atom stereocenters. The summed E-state index contributed by atoms with van der Waals surface area (Å²) < 4.78 is 5.30. The molecule has 1 fully saturated rings. The molecular weight excluding hydrogens is 294 g/mol. The van der Waals surface area contributed by atoms with Gasteiger partial charge in [-0.05, 0) is 49.4 Å². The predicted octanol–water partition coefficient (Wildman–Crippen LogP) is 4.04. The lowest BCUT2D eigenvalue weighted by Gasteiger charge is -2.30. The summed E-state index contributed by atoms with van der Waals surface area (Å²) in [5, 5.41) is 0.692. The number of hydrogen-bond donors (Lipinski definition) is 0. The van der Waals surface area contributed by atoms with E-state index in [1.54, 1.807) is 7.11 Å². The summed E-state index contributed by atoms with van der Waals surface area (Å²) in [6.07, 6.45) is 8.67. The molecule has 22 heavy (non-hydrogen) atoms. The molecule has 4 heteroatoms. The van der Waals surface area contributed by atoms with E-state index in [0.29, 0.717) is 11.0 Å². The Hall–Kier alpha value is -1.16. The van der Waals surface area contributed by atoms with Crippen molar-refractivity contribution in [1.82, 2.24) is 0 Å². The van der Waals surface area contributed by atoms with Crippen LogP contribution in [0.4, 0.5) is 5.69 Å². The highest BCUT2D eigenvalue weighted by Crippen LogP contribution is 2.32. The molecule has 3 nitrogen and oxygen atoms in total. The van der Waals surface area contributed by atoms with E-state index in [1.165, 1.54) is 37.7 Å². The van der Waals surface area contributed by atoms with Crippen molar-refractivity contribution in [3.8, 4) is 5.75 Å². The van der Waals surface area contributed by atoms with Crippen LogP contribution < -0.4 is 9.64 Å². The zero-order valence-corrected chi connectivity index (χ0v) is 14.2. The fraction of sp³-hybridized carbons (Fsp3) is 0.611. The highest BCUT2D eigenvalue weighted by atomic mass is 32.2. The van der Waals surface area contributed by atoms with Crippen molar-refractivity contribution in [2.24, 2.45) is 0 Å². The average molecular weight is 319 g/mol. The van der Waals surface area contributed by atoms with Gasteiger partial charge in [0, 0.05) is 17.5 Å². The monoisotopic (exact) mass is 319 g/mol. The number of ether oxygens (including phenoxy) is 1. The molecule has 1 heterocycles. The molecule has 0 N–H and O–H groups in total. The number of carbonyl (C=O) groups excluding carboxylic acids is 1. The number of hydrogen-bond acceptors (Lipinski definition) is 3. The van der Waals surface area contributed by atoms with Crippen molar-refractivity contribution in [2.75, 3.05) is 24.3 Å². The number of nitrogens with zero attached hydrogens (tertiary/aromatic N) is 1. The van der Waals surface area contributed by atoms with Crippen LogP contribution in [0.15, 0.2) is 18.2 Å². The van der Waals surface area contributed by atoms with Gasteiger partial charge in [0.1, 0.15) is 5.75 Å². The first kappa shape index (κ1) is 15.7. The van der Waals surface area contributed by atoms with Crippen molar-refractivity contribution >= 4 is 23.4 Å². The Morgan fingerprint density at radius 2 is 2.09 bits per heavy atom. The van der Waals surface area contributed by atoms with Crippen LogP contribution in [0.1, 0.15) is 44.1 Å². The second kappa shape index (κ2) is 7.40. The van der Waals surface area contributed by atoms with E-state index in [-0.39, 0.29) is 5.91 Å². The molecule has 0 radical (unpaired) electrons. The molecule has 120 valence electrons. The van der Waals surface area contributed by atoms with Crippen LogP contribution >= 0.6 is 11.8 Å². The average Bonchev–Trinajstić information content (AvgIpc) is 2.59. The van der Waals surface area contributed by atoms with Gasteiger partial charge in [0.05, 0.1) is 12.9 Å². The largest absolute Gasteiger partial charge is 0.497 e. The summed E-state index contributed by atoms with van der Waals surface area (Å²) in [4.78, 5) is 14.6.